The zero-order chi connectivity index (χ0) is 12.7. The lowest BCUT2D eigenvalue weighted by molar-refractivity contribution is 1.33. The second-order valence-corrected chi connectivity index (χ2v) is 5.61. The molecule has 0 atom stereocenters. The van der Waals surface area contributed by atoms with Gasteiger partial charge >= 0.3 is 0 Å². The lowest BCUT2D eigenvalue weighted by Crippen LogP contribution is -1.79. The van der Waals surface area contributed by atoms with E-state index in [0.29, 0.717) is 10.0 Å². The Hall–Kier alpha value is -1.03. The number of aromatic amines is 1. The molecule has 0 bridgehead atoms. The number of rotatable bonds is 1. The molecule has 3 aromatic rings. The number of nitrogens with zero attached hydrogens (tertiary/aromatic N) is 1. The molecule has 0 fully saturated rings. The lowest BCUT2D eigenvalue weighted by Gasteiger charge is -1.96. The molecule has 1 heterocycles. The first-order valence-electron chi connectivity index (χ1n) is 5.24. The summed E-state index contributed by atoms with van der Waals surface area (Å²) in [4.78, 5) is 7.74. The highest BCUT2D eigenvalue weighted by Crippen LogP contribution is 2.29. The average Bonchev–Trinajstić information content (AvgIpc) is 2.73. The van der Waals surface area contributed by atoms with Crippen molar-refractivity contribution in [3.8, 4) is 11.4 Å². The van der Waals surface area contributed by atoms with E-state index < -0.39 is 0 Å². The maximum atomic E-state index is 5.98. The molecular formula is C13H7BrCl2N2. The Balaban J connectivity index is 2.19. The van der Waals surface area contributed by atoms with Crippen molar-refractivity contribution in [2.75, 3.05) is 0 Å². The Morgan fingerprint density at radius 1 is 1.06 bits per heavy atom. The second kappa shape index (κ2) is 4.57. The van der Waals surface area contributed by atoms with Gasteiger partial charge in [-0.1, -0.05) is 51.3 Å². The molecule has 0 radical (unpaired) electrons. The summed E-state index contributed by atoms with van der Waals surface area (Å²) < 4.78 is 1.01. The van der Waals surface area contributed by atoms with Crippen molar-refractivity contribution >= 4 is 50.2 Å². The second-order valence-electron chi connectivity index (χ2n) is 3.88. The zero-order valence-corrected chi connectivity index (χ0v) is 12.1. The van der Waals surface area contributed by atoms with E-state index in [-0.39, 0.29) is 0 Å². The van der Waals surface area contributed by atoms with E-state index in [9.17, 15) is 0 Å². The van der Waals surface area contributed by atoms with Gasteiger partial charge in [0.15, 0.2) is 0 Å². The van der Waals surface area contributed by atoms with E-state index in [4.69, 9.17) is 23.2 Å². The van der Waals surface area contributed by atoms with Crippen molar-refractivity contribution in [1.29, 1.82) is 0 Å². The minimum Gasteiger partial charge on any atom is -0.338 e. The fraction of sp³-hybridized carbons (Fsp3) is 0. The number of H-pyrrole nitrogens is 1. The quantitative estimate of drug-likeness (QED) is 0.639. The summed E-state index contributed by atoms with van der Waals surface area (Å²) in [6, 6.07) is 11.5. The predicted octanol–water partition coefficient (Wildman–Crippen LogP) is 5.30. The van der Waals surface area contributed by atoms with Gasteiger partial charge in [0.2, 0.25) is 0 Å². The van der Waals surface area contributed by atoms with Gasteiger partial charge in [0, 0.05) is 10.0 Å². The first-order chi connectivity index (χ1) is 8.63. The summed E-state index contributed by atoms with van der Waals surface area (Å²) in [5, 5.41) is 1.03. The molecule has 3 rings (SSSR count). The van der Waals surface area contributed by atoms with Crippen molar-refractivity contribution < 1.29 is 0 Å². The smallest absolute Gasteiger partial charge is 0.138 e. The van der Waals surface area contributed by atoms with Crippen LogP contribution in [0.5, 0.6) is 0 Å². The Labute approximate surface area is 122 Å². The summed E-state index contributed by atoms with van der Waals surface area (Å²) in [6.07, 6.45) is 0. The van der Waals surface area contributed by atoms with Gasteiger partial charge in [0.1, 0.15) is 5.82 Å². The summed E-state index contributed by atoms with van der Waals surface area (Å²) in [5.74, 6) is 0.796. The van der Waals surface area contributed by atoms with Gasteiger partial charge in [-0.15, -0.1) is 0 Å². The van der Waals surface area contributed by atoms with E-state index in [1.165, 1.54) is 0 Å². The highest BCUT2D eigenvalue weighted by Gasteiger charge is 2.08. The minimum atomic E-state index is 0.511. The van der Waals surface area contributed by atoms with Gasteiger partial charge < -0.3 is 4.98 Å². The fourth-order valence-corrected chi connectivity index (χ4v) is 2.50. The average molecular weight is 342 g/mol. The highest BCUT2D eigenvalue weighted by molar-refractivity contribution is 9.10. The van der Waals surface area contributed by atoms with Crippen LogP contribution in [0.1, 0.15) is 0 Å². The van der Waals surface area contributed by atoms with Crippen LogP contribution in [0.3, 0.4) is 0 Å². The molecule has 2 nitrogen and oxygen atoms in total. The van der Waals surface area contributed by atoms with E-state index in [1.54, 1.807) is 12.1 Å². The first-order valence-corrected chi connectivity index (χ1v) is 6.79. The van der Waals surface area contributed by atoms with Crippen LogP contribution in [0, 0.1) is 0 Å². The van der Waals surface area contributed by atoms with Crippen LogP contribution in [0.2, 0.25) is 10.0 Å². The van der Waals surface area contributed by atoms with Crippen molar-refractivity contribution in [2.24, 2.45) is 0 Å². The minimum absolute atomic E-state index is 0.511. The fourth-order valence-electron chi connectivity index (χ4n) is 1.78. The van der Waals surface area contributed by atoms with Gasteiger partial charge in [-0.25, -0.2) is 4.98 Å². The van der Waals surface area contributed by atoms with Crippen molar-refractivity contribution in [3.05, 3.63) is 50.9 Å². The molecule has 0 aliphatic heterocycles. The largest absolute Gasteiger partial charge is 0.338 e. The summed E-state index contributed by atoms with van der Waals surface area (Å²) in [6.45, 7) is 0. The molecule has 0 amide bonds. The Kier molecular flexibility index (Phi) is 3.06. The number of hydrogen-bond donors (Lipinski definition) is 1. The van der Waals surface area contributed by atoms with Crippen LogP contribution in [-0.4, -0.2) is 9.97 Å². The molecule has 0 saturated carbocycles. The molecule has 0 aliphatic rings. The summed E-state index contributed by atoms with van der Waals surface area (Å²) >= 11 is 15.4. The third-order valence-electron chi connectivity index (χ3n) is 2.62. The van der Waals surface area contributed by atoms with Gasteiger partial charge in [0.05, 0.1) is 21.1 Å². The number of benzene rings is 2. The van der Waals surface area contributed by atoms with Crippen molar-refractivity contribution in [3.63, 3.8) is 0 Å². The SMILES string of the molecule is Clc1cc2nc(-c3cccc(Br)c3)[nH]c2cc1Cl. The molecule has 0 spiro atoms. The molecular weight excluding hydrogens is 335 g/mol. The molecule has 1 aromatic heterocycles. The van der Waals surface area contributed by atoms with Crippen LogP contribution in [0.25, 0.3) is 22.4 Å². The molecule has 0 saturated heterocycles. The maximum Gasteiger partial charge on any atom is 0.138 e. The predicted molar refractivity (Wildman–Crippen MR) is 79.2 cm³/mol. The zero-order valence-electron chi connectivity index (χ0n) is 9.05. The number of halogens is 3. The lowest BCUT2D eigenvalue weighted by atomic mass is 10.2. The maximum absolute atomic E-state index is 5.98. The topological polar surface area (TPSA) is 28.7 Å². The van der Waals surface area contributed by atoms with E-state index in [0.717, 1.165) is 26.9 Å². The van der Waals surface area contributed by atoms with Gasteiger partial charge in [-0.05, 0) is 24.3 Å². The highest BCUT2D eigenvalue weighted by atomic mass is 79.9. The number of aromatic nitrogens is 2. The third kappa shape index (κ3) is 2.14. The van der Waals surface area contributed by atoms with Gasteiger partial charge in [-0.2, -0.15) is 0 Å². The molecule has 0 unspecified atom stereocenters. The monoisotopic (exact) mass is 340 g/mol. The number of fused-ring (bicyclic) bond motifs is 1. The van der Waals surface area contributed by atoms with E-state index in [2.05, 4.69) is 25.9 Å². The van der Waals surface area contributed by atoms with Crippen molar-refractivity contribution in [1.82, 2.24) is 9.97 Å². The van der Waals surface area contributed by atoms with Crippen LogP contribution in [0.4, 0.5) is 0 Å². The molecule has 5 heteroatoms. The van der Waals surface area contributed by atoms with Crippen molar-refractivity contribution in [2.45, 2.75) is 0 Å². The normalized spacial score (nSPS) is 11.1. The van der Waals surface area contributed by atoms with Crippen LogP contribution in [-0.2, 0) is 0 Å². The van der Waals surface area contributed by atoms with Gasteiger partial charge in [-0.3, -0.25) is 0 Å². The molecule has 90 valence electrons. The number of hydrogen-bond acceptors (Lipinski definition) is 1. The Bertz CT molecular complexity index is 698. The van der Waals surface area contributed by atoms with E-state index >= 15 is 0 Å². The molecule has 0 aliphatic carbocycles. The van der Waals surface area contributed by atoms with Crippen LogP contribution in [0.15, 0.2) is 40.9 Å². The Morgan fingerprint density at radius 3 is 2.61 bits per heavy atom. The third-order valence-corrected chi connectivity index (χ3v) is 3.84. The van der Waals surface area contributed by atoms with Gasteiger partial charge in [0.25, 0.3) is 0 Å². The Morgan fingerprint density at radius 2 is 1.83 bits per heavy atom. The van der Waals surface area contributed by atoms with E-state index in [1.807, 2.05) is 24.3 Å². The molecule has 1 N–H and O–H groups in total. The first kappa shape index (κ1) is 12.0. The summed E-state index contributed by atoms with van der Waals surface area (Å²) in [7, 11) is 0. The molecule has 18 heavy (non-hydrogen) atoms. The van der Waals surface area contributed by atoms with Crippen LogP contribution >= 0.6 is 39.1 Å². The van der Waals surface area contributed by atoms with Crippen LogP contribution < -0.4 is 0 Å². The molecule has 2 aromatic carbocycles. The number of imidazole rings is 1. The number of nitrogens with one attached hydrogen (secondary N) is 1. The summed E-state index contributed by atoms with van der Waals surface area (Å²) in [5.41, 5.74) is 2.69. The standard InChI is InChI=1S/C13H7BrCl2N2/c14-8-3-1-2-7(4-8)13-17-11-5-9(15)10(16)6-12(11)18-13/h1-6H,(H,17,18).